The molecule has 0 atom stereocenters. The van der Waals surface area contributed by atoms with Gasteiger partial charge in [0.15, 0.2) is 0 Å². The van der Waals surface area contributed by atoms with Crippen LogP contribution in [0.2, 0.25) is 0 Å². The van der Waals surface area contributed by atoms with Gasteiger partial charge in [0.05, 0.1) is 27.8 Å². The van der Waals surface area contributed by atoms with E-state index in [-0.39, 0.29) is 17.5 Å². The zero-order valence-corrected chi connectivity index (χ0v) is 58.1. The van der Waals surface area contributed by atoms with Crippen molar-refractivity contribution in [3.05, 3.63) is 339 Å². The molecule has 0 unspecified atom stereocenters. The number of benzene rings is 15. The molecule has 0 N–H and O–H groups in total. The normalized spacial score (nSPS) is 12.6. The number of fused-ring (bicyclic) bond motifs is 13. The number of rotatable bonds is 9. The highest BCUT2D eigenvalue weighted by Gasteiger charge is 2.43. The third-order valence-corrected chi connectivity index (χ3v) is 22.3. The van der Waals surface area contributed by atoms with E-state index in [0.29, 0.717) is 0 Å². The second-order valence-electron chi connectivity index (χ2n) is 30.4. The Morgan fingerprint density at radius 2 is 0.569 bits per heavy atom. The Hall–Kier alpha value is -12.2. The minimum absolute atomic E-state index is 0.111. The Balaban J connectivity index is 0.936. The Kier molecular flexibility index (Phi) is 13.3. The van der Waals surface area contributed by atoms with Crippen molar-refractivity contribution in [2.45, 2.75) is 52.4 Å². The Morgan fingerprint density at radius 1 is 0.225 bits per heavy atom. The van der Waals surface area contributed by atoms with Crippen LogP contribution in [0.1, 0.15) is 52.7 Å². The molecule has 3 nitrogen and oxygen atoms in total. The highest BCUT2D eigenvalue weighted by atomic mass is 15.1. The van der Waals surface area contributed by atoms with Crippen molar-refractivity contribution < 1.29 is 0 Å². The summed E-state index contributed by atoms with van der Waals surface area (Å²) in [4.78, 5) is 0. The van der Waals surface area contributed by atoms with E-state index in [1.165, 1.54) is 182 Å². The summed E-state index contributed by atoms with van der Waals surface area (Å²) in [7, 11) is 0. The van der Waals surface area contributed by atoms with Crippen molar-refractivity contribution in [3.63, 3.8) is 0 Å². The topological polar surface area (TPSA) is 14.8 Å². The van der Waals surface area contributed by atoms with Crippen molar-refractivity contribution >= 4 is 88.5 Å². The van der Waals surface area contributed by atoms with E-state index in [9.17, 15) is 0 Å². The van der Waals surface area contributed by atoms with Crippen molar-refractivity contribution in [1.29, 1.82) is 0 Å². The molecule has 0 bridgehead atoms. The summed E-state index contributed by atoms with van der Waals surface area (Å²) in [6.45, 7) is 13.9. The van der Waals surface area contributed by atoms with Crippen LogP contribution in [0.25, 0.3) is 171 Å². The van der Waals surface area contributed by atoms with Crippen molar-refractivity contribution in [2.24, 2.45) is 0 Å². The van der Waals surface area contributed by atoms with Gasteiger partial charge in [-0.3, -0.25) is 0 Å². The van der Waals surface area contributed by atoms with Crippen molar-refractivity contribution in [1.82, 2.24) is 13.7 Å². The first-order valence-corrected chi connectivity index (χ1v) is 36.0. The average molecular weight is 1300 g/mol. The maximum absolute atomic E-state index is 2.69. The van der Waals surface area contributed by atoms with Crippen LogP contribution in [0.5, 0.6) is 0 Å². The first kappa shape index (κ1) is 59.8. The molecule has 2 aliphatic rings. The van der Waals surface area contributed by atoms with Gasteiger partial charge >= 0.3 is 0 Å². The SMILES string of the molecule is CC(C)(C)c1ccc2c(c1)c1cc(-c3ccccc3-c3cccc(-c4ccccc4)c3)cc3c1n2-c1cc(-n2c4cc(-c5ccccc5)ccc4c4ccc(-c5ccccc5)cc42)cc2c1B3c1cc(-c3ccccc3-c3cccc(-c4ccccc4)c3)cc3c4cc(C(C)(C)C)ccc4n-2c13. The van der Waals surface area contributed by atoms with E-state index >= 15 is 0 Å². The van der Waals surface area contributed by atoms with E-state index in [0.717, 1.165) is 16.7 Å². The molecule has 5 heterocycles. The molecule has 18 aromatic rings. The molecule has 2 aliphatic heterocycles. The molecule has 0 saturated heterocycles. The lowest BCUT2D eigenvalue weighted by atomic mass is 9.34. The fourth-order valence-corrected chi connectivity index (χ4v) is 17.3. The lowest BCUT2D eigenvalue weighted by Crippen LogP contribution is -2.59. The monoisotopic (exact) mass is 1300 g/mol. The van der Waals surface area contributed by atoms with Gasteiger partial charge in [0.1, 0.15) is 0 Å². The number of nitrogens with zero attached hydrogens (tertiary/aromatic N) is 3. The van der Waals surface area contributed by atoms with Crippen LogP contribution < -0.4 is 16.4 Å². The molecule has 102 heavy (non-hydrogen) atoms. The highest BCUT2D eigenvalue weighted by Crippen LogP contribution is 2.48. The summed E-state index contributed by atoms with van der Waals surface area (Å²) >= 11 is 0. The quantitative estimate of drug-likeness (QED) is 0.128. The fourth-order valence-electron chi connectivity index (χ4n) is 17.3. The third kappa shape index (κ3) is 9.35. The zero-order chi connectivity index (χ0) is 68.3. The molecule has 0 aliphatic carbocycles. The number of aromatic nitrogens is 3. The summed E-state index contributed by atoms with van der Waals surface area (Å²) in [6, 6.07) is 124. The minimum atomic E-state index is -0.207. The average Bonchev–Trinajstić information content (AvgIpc) is 1.46. The summed E-state index contributed by atoms with van der Waals surface area (Å²) < 4.78 is 7.97. The van der Waals surface area contributed by atoms with E-state index in [1.807, 2.05) is 0 Å². The van der Waals surface area contributed by atoms with Gasteiger partial charge in [0.2, 0.25) is 0 Å². The molecule has 4 heteroatoms. The second kappa shape index (κ2) is 22.6. The van der Waals surface area contributed by atoms with E-state index < -0.39 is 0 Å². The van der Waals surface area contributed by atoms with Crippen molar-refractivity contribution in [3.8, 4) is 106 Å². The number of hydrogen-bond donors (Lipinski definition) is 0. The van der Waals surface area contributed by atoms with Crippen LogP contribution in [0.4, 0.5) is 0 Å². The van der Waals surface area contributed by atoms with E-state index in [1.54, 1.807) is 0 Å². The maximum Gasteiger partial charge on any atom is 0.252 e. The highest BCUT2D eigenvalue weighted by molar-refractivity contribution is 7.00. The first-order chi connectivity index (χ1) is 49.8. The van der Waals surface area contributed by atoms with Gasteiger partial charge in [-0.25, -0.2) is 0 Å². The second-order valence-corrected chi connectivity index (χ2v) is 30.4. The van der Waals surface area contributed by atoms with Crippen LogP contribution in [-0.4, -0.2) is 20.4 Å². The number of hydrogen-bond acceptors (Lipinski definition) is 0. The molecule has 0 fully saturated rings. The summed E-state index contributed by atoms with van der Waals surface area (Å²) in [5, 5.41) is 7.45. The molecule has 15 aromatic carbocycles. The molecular weight excluding hydrogens is 1230 g/mol. The summed E-state index contributed by atoms with van der Waals surface area (Å²) in [6.07, 6.45) is 0. The molecule has 0 amide bonds. The minimum Gasteiger partial charge on any atom is -0.310 e. The predicted molar refractivity (Wildman–Crippen MR) is 435 cm³/mol. The molecule has 0 radical (unpaired) electrons. The maximum atomic E-state index is 2.69. The summed E-state index contributed by atoms with van der Waals surface area (Å²) in [5.74, 6) is 0. The first-order valence-electron chi connectivity index (χ1n) is 36.0. The fraction of sp³-hybridized carbons (Fsp3) is 0.0816. The lowest BCUT2D eigenvalue weighted by Gasteiger charge is -2.35. The Bertz CT molecular complexity index is 6100. The Labute approximate surface area is 595 Å². The molecule has 0 saturated carbocycles. The summed E-state index contributed by atoms with van der Waals surface area (Å²) in [5.41, 5.74) is 36.2. The van der Waals surface area contributed by atoms with Gasteiger partial charge in [-0.05, 0) is 200 Å². The van der Waals surface area contributed by atoms with Crippen LogP contribution in [-0.2, 0) is 10.8 Å². The molecular formula is C98H72BN3. The van der Waals surface area contributed by atoms with Crippen LogP contribution in [0, 0.1) is 0 Å². The smallest absolute Gasteiger partial charge is 0.252 e. The third-order valence-electron chi connectivity index (χ3n) is 22.3. The molecule has 0 spiro atoms. The molecule has 20 rings (SSSR count). The Morgan fingerprint density at radius 3 is 0.951 bits per heavy atom. The van der Waals surface area contributed by atoms with Gasteiger partial charge < -0.3 is 13.7 Å². The van der Waals surface area contributed by atoms with E-state index in [4.69, 9.17) is 0 Å². The molecule has 3 aromatic heterocycles. The van der Waals surface area contributed by atoms with Gasteiger partial charge in [-0.1, -0.05) is 296 Å². The largest absolute Gasteiger partial charge is 0.310 e. The zero-order valence-electron chi connectivity index (χ0n) is 58.1. The van der Waals surface area contributed by atoms with Crippen LogP contribution in [0.3, 0.4) is 0 Å². The molecule has 482 valence electrons. The standard InChI is InChI=1S/C98H72BN3/c1-97(2,3)73-43-47-88-82(57-73)84-51-71(78-39-21-19-37-76(78)69-35-23-33-65(49-69)61-25-11-7-12-26-61)53-86-95(84)101(88)92-59-75(100-90-55-67(63-29-15-9-16-30-63)41-45-80(90)81-46-42-68(56-91(81)100)64-31-17-10-18-32-64)60-93-94(92)99(86)87-54-72(52-85-83-58-74(98(4,5)6)44-48-89(83)102(93)96(85)87)79-40-22-20-38-77(79)70-36-24-34-66(50-70)62-27-13-8-14-28-62/h7-60H,1-6H3. The van der Waals surface area contributed by atoms with E-state index in [2.05, 4.69) is 383 Å². The van der Waals surface area contributed by atoms with Crippen LogP contribution in [0.15, 0.2) is 328 Å². The van der Waals surface area contributed by atoms with Crippen LogP contribution >= 0.6 is 0 Å². The van der Waals surface area contributed by atoms with Gasteiger partial charge in [-0.2, -0.15) is 0 Å². The van der Waals surface area contributed by atoms with Gasteiger partial charge in [0, 0.05) is 54.7 Å². The lowest BCUT2D eigenvalue weighted by molar-refractivity contribution is 0.591. The van der Waals surface area contributed by atoms with Gasteiger partial charge in [-0.15, -0.1) is 0 Å². The predicted octanol–water partition coefficient (Wildman–Crippen LogP) is 24.1. The van der Waals surface area contributed by atoms with Crippen molar-refractivity contribution in [2.75, 3.05) is 0 Å². The van der Waals surface area contributed by atoms with Gasteiger partial charge in [0.25, 0.3) is 6.71 Å².